The van der Waals surface area contributed by atoms with Crippen molar-refractivity contribution < 1.29 is 4.42 Å². The Labute approximate surface area is 114 Å². The first-order chi connectivity index (χ1) is 8.76. The summed E-state index contributed by atoms with van der Waals surface area (Å²) in [6, 6.07) is 13.2. The molecule has 0 atom stereocenters. The van der Waals surface area contributed by atoms with Crippen LogP contribution in [0.5, 0.6) is 0 Å². The number of alkyl halides is 1. The summed E-state index contributed by atoms with van der Waals surface area (Å²) in [5.74, 6) is 1.05. The van der Waals surface area contributed by atoms with Crippen LogP contribution < -0.4 is 0 Å². The van der Waals surface area contributed by atoms with Crippen LogP contribution in [0.2, 0.25) is 5.02 Å². The molecule has 0 aliphatic heterocycles. The molecule has 2 aromatic carbocycles. The molecule has 0 aliphatic rings. The number of benzene rings is 2. The van der Waals surface area contributed by atoms with Gasteiger partial charge in [-0.3, -0.25) is 0 Å². The second-order valence-electron chi connectivity index (χ2n) is 3.97. The molecule has 0 bridgehead atoms. The molecule has 1 heterocycles. The summed E-state index contributed by atoms with van der Waals surface area (Å²) in [5, 5.41) is 0.639. The fourth-order valence-corrected chi connectivity index (χ4v) is 2.14. The summed E-state index contributed by atoms with van der Waals surface area (Å²) in [6.45, 7) is 0. The van der Waals surface area contributed by atoms with Crippen molar-refractivity contribution in [1.82, 2.24) is 4.98 Å². The molecule has 3 aromatic rings. The summed E-state index contributed by atoms with van der Waals surface area (Å²) in [4.78, 5) is 4.43. The molecule has 0 saturated carbocycles. The third-order valence-electron chi connectivity index (χ3n) is 2.68. The van der Waals surface area contributed by atoms with Crippen molar-refractivity contribution in [2.45, 2.75) is 5.88 Å². The van der Waals surface area contributed by atoms with E-state index in [4.69, 9.17) is 27.6 Å². The third kappa shape index (κ3) is 2.09. The molecule has 0 N–H and O–H groups in total. The van der Waals surface area contributed by atoms with E-state index in [1.54, 1.807) is 12.1 Å². The third-order valence-corrected chi connectivity index (χ3v) is 3.22. The maximum atomic E-state index is 5.92. The Hall–Kier alpha value is -1.51. The van der Waals surface area contributed by atoms with Gasteiger partial charge < -0.3 is 4.42 Å². The lowest BCUT2D eigenvalue weighted by Gasteiger charge is -1.97. The highest BCUT2D eigenvalue weighted by molar-refractivity contribution is 6.31. The Morgan fingerprint density at radius 2 is 2.00 bits per heavy atom. The molecular formula is C14H9Cl2NO. The summed E-state index contributed by atoms with van der Waals surface area (Å²) in [6.07, 6.45) is 0. The lowest BCUT2D eigenvalue weighted by molar-refractivity contribution is 0.620. The normalized spacial score (nSPS) is 11.0. The molecule has 0 radical (unpaired) electrons. The molecule has 90 valence electrons. The zero-order valence-electron chi connectivity index (χ0n) is 9.36. The van der Waals surface area contributed by atoms with Gasteiger partial charge in [0.25, 0.3) is 0 Å². The second-order valence-corrected chi connectivity index (χ2v) is 4.67. The van der Waals surface area contributed by atoms with Gasteiger partial charge in [-0.25, -0.2) is 4.98 Å². The van der Waals surface area contributed by atoms with Crippen molar-refractivity contribution in [2.24, 2.45) is 0 Å². The molecule has 3 rings (SSSR count). The number of nitrogens with zero attached hydrogens (tertiary/aromatic N) is 1. The largest absolute Gasteiger partial charge is 0.436 e. The minimum absolute atomic E-state index is 0.472. The maximum absolute atomic E-state index is 5.92. The van der Waals surface area contributed by atoms with Crippen LogP contribution in [-0.2, 0) is 5.88 Å². The van der Waals surface area contributed by atoms with Crippen LogP contribution in [0.25, 0.3) is 22.6 Å². The van der Waals surface area contributed by atoms with Crippen LogP contribution in [0, 0.1) is 0 Å². The minimum atomic E-state index is 0.472. The van der Waals surface area contributed by atoms with E-state index in [0.29, 0.717) is 22.4 Å². The number of hydrogen-bond donors (Lipinski definition) is 0. The van der Waals surface area contributed by atoms with E-state index in [2.05, 4.69) is 4.98 Å². The molecule has 0 spiro atoms. The van der Waals surface area contributed by atoms with Crippen LogP contribution >= 0.6 is 23.2 Å². The minimum Gasteiger partial charge on any atom is -0.436 e. The van der Waals surface area contributed by atoms with Gasteiger partial charge in [-0.1, -0.05) is 23.7 Å². The Morgan fingerprint density at radius 3 is 2.83 bits per heavy atom. The first-order valence-corrected chi connectivity index (χ1v) is 6.39. The van der Waals surface area contributed by atoms with Gasteiger partial charge in [-0.15, -0.1) is 11.6 Å². The van der Waals surface area contributed by atoms with Crippen LogP contribution in [-0.4, -0.2) is 4.98 Å². The fourth-order valence-electron chi connectivity index (χ4n) is 1.81. The Kier molecular flexibility index (Phi) is 2.98. The van der Waals surface area contributed by atoms with E-state index in [1.165, 1.54) is 0 Å². The molecule has 4 heteroatoms. The summed E-state index contributed by atoms with van der Waals surface area (Å²) < 4.78 is 5.70. The van der Waals surface area contributed by atoms with Crippen LogP contribution in [0.3, 0.4) is 0 Å². The molecule has 0 fully saturated rings. The van der Waals surface area contributed by atoms with E-state index in [9.17, 15) is 0 Å². The topological polar surface area (TPSA) is 26.0 Å². The highest BCUT2D eigenvalue weighted by Crippen LogP contribution is 2.26. The molecule has 0 aliphatic carbocycles. The Balaban J connectivity index is 2.13. The predicted molar refractivity (Wildman–Crippen MR) is 74.0 cm³/mol. The molecular weight excluding hydrogens is 269 g/mol. The van der Waals surface area contributed by atoms with Crippen molar-refractivity contribution >= 4 is 34.3 Å². The molecule has 0 saturated heterocycles. The summed E-state index contributed by atoms with van der Waals surface area (Å²) >= 11 is 11.7. The molecule has 0 amide bonds. The van der Waals surface area contributed by atoms with Crippen LogP contribution in [0.1, 0.15) is 5.56 Å². The van der Waals surface area contributed by atoms with Crippen LogP contribution in [0.4, 0.5) is 0 Å². The lowest BCUT2D eigenvalue weighted by Crippen LogP contribution is -1.81. The van der Waals surface area contributed by atoms with Gasteiger partial charge in [0.1, 0.15) is 5.52 Å². The highest BCUT2D eigenvalue weighted by Gasteiger charge is 2.08. The molecule has 2 nitrogen and oxygen atoms in total. The van der Waals surface area contributed by atoms with Crippen LogP contribution in [0.15, 0.2) is 46.9 Å². The van der Waals surface area contributed by atoms with Gasteiger partial charge in [-0.05, 0) is 29.8 Å². The van der Waals surface area contributed by atoms with Gasteiger partial charge in [0.15, 0.2) is 5.58 Å². The first kappa shape index (κ1) is 11.6. The number of rotatable bonds is 2. The summed E-state index contributed by atoms with van der Waals surface area (Å²) in [7, 11) is 0. The highest BCUT2D eigenvalue weighted by atomic mass is 35.5. The number of hydrogen-bond acceptors (Lipinski definition) is 2. The van der Waals surface area contributed by atoms with Crippen molar-refractivity contribution in [1.29, 1.82) is 0 Å². The average molecular weight is 278 g/mol. The lowest BCUT2D eigenvalue weighted by atomic mass is 10.1. The van der Waals surface area contributed by atoms with Crippen molar-refractivity contribution in [3.63, 3.8) is 0 Å². The number of halogens is 2. The standard InChI is InChI=1S/C14H9Cl2NO/c15-8-9-2-1-3-10(6-9)14-17-12-5-4-11(16)7-13(12)18-14/h1-7H,8H2. The number of fused-ring (bicyclic) bond motifs is 1. The second kappa shape index (κ2) is 4.63. The molecule has 1 aromatic heterocycles. The van der Waals surface area contributed by atoms with E-state index >= 15 is 0 Å². The quantitative estimate of drug-likeness (QED) is 0.624. The monoisotopic (exact) mass is 277 g/mol. The first-order valence-electron chi connectivity index (χ1n) is 5.47. The van der Waals surface area contributed by atoms with E-state index in [-0.39, 0.29) is 0 Å². The number of oxazole rings is 1. The van der Waals surface area contributed by atoms with E-state index in [0.717, 1.165) is 16.6 Å². The van der Waals surface area contributed by atoms with Crippen molar-refractivity contribution in [3.8, 4) is 11.5 Å². The Morgan fingerprint density at radius 1 is 1.11 bits per heavy atom. The maximum Gasteiger partial charge on any atom is 0.227 e. The van der Waals surface area contributed by atoms with Crippen molar-refractivity contribution in [2.75, 3.05) is 0 Å². The van der Waals surface area contributed by atoms with Gasteiger partial charge in [0.2, 0.25) is 5.89 Å². The van der Waals surface area contributed by atoms with E-state index < -0.39 is 0 Å². The zero-order valence-corrected chi connectivity index (χ0v) is 10.9. The van der Waals surface area contributed by atoms with Gasteiger partial charge in [0, 0.05) is 22.5 Å². The SMILES string of the molecule is ClCc1cccc(-c2nc3ccc(Cl)cc3o2)c1. The van der Waals surface area contributed by atoms with Gasteiger partial charge in [0.05, 0.1) is 0 Å². The fraction of sp³-hybridized carbons (Fsp3) is 0.0714. The molecule has 18 heavy (non-hydrogen) atoms. The predicted octanol–water partition coefficient (Wildman–Crippen LogP) is 4.89. The Bertz CT molecular complexity index is 706. The average Bonchev–Trinajstić information content (AvgIpc) is 2.81. The smallest absolute Gasteiger partial charge is 0.227 e. The number of aromatic nitrogens is 1. The van der Waals surface area contributed by atoms with Gasteiger partial charge >= 0.3 is 0 Å². The van der Waals surface area contributed by atoms with E-state index in [1.807, 2.05) is 30.3 Å². The van der Waals surface area contributed by atoms with Gasteiger partial charge in [-0.2, -0.15) is 0 Å². The zero-order chi connectivity index (χ0) is 12.5. The van der Waals surface area contributed by atoms with Crippen molar-refractivity contribution in [3.05, 3.63) is 53.1 Å². The molecule has 0 unspecified atom stereocenters. The summed E-state index contributed by atoms with van der Waals surface area (Å²) in [5.41, 5.74) is 3.44.